The molecule has 2 N–H and O–H groups in total. The molecule has 0 aromatic heterocycles. The third-order valence-electron chi connectivity index (χ3n) is 10.5. The van der Waals surface area contributed by atoms with E-state index in [4.69, 9.17) is 9.47 Å². The topological polar surface area (TPSA) is 102 Å². The molecular weight excluding hydrogens is 482 g/mol. The summed E-state index contributed by atoms with van der Waals surface area (Å²) in [5.41, 5.74) is -0.747. The zero-order chi connectivity index (χ0) is 27.9. The molecule has 0 aliphatic heterocycles. The lowest BCUT2D eigenvalue weighted by Gasteiger charge is -2.61. The highest BCUT2D eigenvalue weighted by atomic mass is 16.5. The number of rotatable bonds is 7. The Balaban J connectivity index is 1.56. The van der Waals surface area contributed by atoms with Gasteiger partial charge >= 0.3 is 5.97 Å². The molecule has 1 aromatic carbocycles. The quantitative estimate of drug-likeness (QED) is 0.306. The molecule has 7 heteroatoms. The fourth-order valence-corrected chi connectivity index (χ4v) is 7.84. The van der Waals surface area contributed by atoms with Crippen molar-refractivity contribution in [1.82, 2.24) is 5.32 Å². The zero-order valence-corrected chi connectivity index (χ0v) is 23.4. The molecule has 1 aromatic rings. The molecule has 2 bridgehead atoms. The van der Waals surface area contributed by atoms with Crippen molar-refractivity contribution in [3.8, 4) is 5.75 Å². The van der Waals surface area contributed by atoms with Gasteiger partial charge in [-0.25, -0.2) is 0 Å². The SMILES string of the molecule is C=C[C@]1(C)C[C@@H](OC(=O)CC(=O)NCc2ccc(OC)cc2)[C@]2(C)C(C)CC[C@]3(CCC(=O)C32)[C@@H](C)[C@@H]1O. The molecule has 0 radical (unpaired) electrons. The van der Waals surface area contributed by atoms with Gasteiger partial charge < -0.3 is 19.9 Å². The van der Waals surface area contributed by atoms with E-state index in [-0.39, 0.29) is 35.5 Å². The minimum atomic E-state index is -0.722. The van der Waals surface area contributed by atoms with Gasteiger partial charge in [-0.2, -0.15) is 0 Å². The maximum absolute atomic E-state index is 13.5. The van der Waals surface area contributed by atoms with Gasteiger partial charge in [-0.05, 0) is 60.6 Å². The molecule has 7 nitrogen and oxygen atoms in total. The number of benzene rings is 1. The highest BCUT2D eigenvalue weighted by Gasteiger charge is 2.68. The number of methoxy groups -OCH3 is 1. The van der Waals surface area contributed by atoms with Crippen molar-refractivity contribution in [2.24, 2.45) is 34.0 Å². The van der Waals surface area contributed by atoms with Crippen LogP contribution in [-0.4, -0.2) is 42.1 Å². The number of amides is 1. The van der Waals surface area contributed by atoms with Gasteiger partial charge in [0.1, 0.15) is 24.1 Å². The number of Topliss-reactive ketones (excluding diaryl/α,β-unsaturated/α-hetero) is 1. The molecular formula is C31H43NO6. The van der Waals surface area contributed by atoms with Crippen LogP contribution in [0.4, 0.5) is 0 Å². The fraction of sp³-hybridized carbons (Fsp3) is 0.645. The number of aliphatic hydroxyl groups is 1. The molecule has 38 heavy (non-hydrogen) atoms. The second-order valence-electron chi connectivity index (χ2n) is 12.4. The van der Waals surface area contributed by atoms with Crippen LogP contribution >= 0.6 is 0 Å². The summed E-state index contributed by atoms with van der Waals surface area (Å²) in [5.74, 6) is -0.353. The van der Waals surface area contributed by atoms with Crippen molar-refractivity contribution in [2.45, 2.75) is 85.0 Å². The Bertz CT molecular complexity index is 1080. The summed E-state index contributed by atoms with van der Waals surface area (Å²) < 4.78 is 11.3. The number of carbonyl (C=O) groups excluding carboxylic acids is 3. The Morgan fingerprint density at radius 1 is 1.18 bits per heavy atom. The molecule has 0 heterocycles. The van der Waals surface area contributed by atoms with Gasteiger partial charge in [0.25, 0.3) is 0 Å². The Morgan fingerprint density at radius 2 is 1.87 bits per heavy atom. The molecule has 1 amide bonds. The normalized spacial score (nSPS) is 38.4. The van der Waals surface area contributed by atoms with Gasteiger partial charge in [0.05, 0.1) is 13.2 Å². The lowest BCUT2D eigenvalue weighted by atomic mass is 9.44. The third kappa shape index (κ3) is 4.67. The van der Waals surface area contributed by atoms with Crippen LogP contribution in [0.5, 0.6) is 5.75 Å². The first-order valence-electron chi connectivity index (χ1n) is 13.8. The van der Waals surface area contributed by atoms with Gasteiger partial charge in [0, 0.05) is 29.7 Å². The minimum absolute atomic E-state index is 0.0887. The Hall–Kier alpha value is -2.67. The Labute approximate surface area is 226 Å². The summed E-state index contributed by atoms with van der Waals surface area (Å²) in [4.78, 5) is 39.3. The van der Waals surface area contributed by atoms with E-state index in [1.807, 2.05) is 31.2 Å². The van der Waals surface area contributed by atoms with Gasteiger partial charge in [0.2, 0.25) is 5.91 Å². The Morgan fingerprint density at radius 3 is 2.50 bits per heavy atom. The number of aliphatic hydroxyl groups excluding tert-OH is 1. The van der Waals surface area contributed by atoms with E-state index in [2.05, 4.69) is 32.7 Å². The smallest absolute Gasteiger partial charge is 0.315 e. The molecule has 4 rings (SSSR count). The van der Waals surface area contributed by atoms with E-state index in [9.17, 15) is 19.5 Å². The highest BCUT2D eigenvalue weighted by molar-refractivity contribution is 5.94. The standard InChI is InChI=1S/C31H43NO6/c1-7-29(4)17-24(38-26(35)16-25(34)32-18-21-8-10-22(37-6)11-9-21)30(5)19(2)12-14-31(20(3)28(29)36)15-13-23(33)27(30)31/h7-11,19-20,24,27-28,36H,1,12-18H2,2-6H3,(H,32,34)/t19?,20-,24+,27?,28-,29+,30-,31-/m0/s1. The van der Waals surface area contributed by atoms with Gasteiger partial charge in [0.15, 0.2) is 0 Å². The molecule has 8 atom stereocenters. The number of hydrogen-bond donors (Lipinski definition) is 2. The van der Waals surface area contributed by atoms with Crippen molar-refractivity contribution in [3.63, 3.8) is 0 Å². The van der Waals surface area contributed by atoms with E-state index in [0.29, 0.717) is 12.8 Å². The maximum Gasteiger partial charge on any atom is 0.315 e. The van der Waals surface area contributed by atoms with Crippen LogP contribution in [0, 0.1) is 34.0 Å². The van der Waals surface area contributed by atoms with Crippen LogP contribution in [0.1, 0.15) is 71.8 Å². The van der Waals surface area contributed by atoms with E-state index in [1.165, 1.54) is 0 Å². The highest BCUT2D eigenvalue weighted by Crippen LogP contribution is 2.68. The summed E-state index contributed by atoms with van der Waals surface area (Å²) in [6, 6.07) is 7.33. The predicted octanol–water partition coefficient (Wildman–Crippen LogP) is 4.61. The largest absolute Gasteiger partial charge is 0.497 e. The van der Waals surface area contributed by atoms with Crippen molar-refractivity contribution >= 4 is 17.7 Å². The maximum atomic E-state index is 13.5. The molecule has 3 fully saturated rings. The lowest BCUT2D eigenvalue weighted by molar-refractivity contribution is -0.206. The third-order valence-corrected chi connectivity index (χ3v) is 10.5. The van der Waals surface area contributed by atoms with Gasteiger partial charge in [-0.15, -0.1) is 6.58 Å². The lowest BCUT2D eigenvalue weighted by Crippen LogP contribution is -2.63. The van der Waals surface area contributed by atoms with Crippen LogP contribution in [0.2, 0.25) is 0 Å². The molecule has 0 spiro atoms. The van der Waals surface area contributed by atoms with Gasteiger partial charge in [-0.1, -0.05) is 45.9 Å². The summed E-state index contributed by atoms with van der Waals surface area (Å²) in [5, 5.41) is 14.4. The summed E-state index contributed by atoms with van der Waals surface area (Å²) in [6.07, 6.45) is 3.37. The van der Waals surface area contributed by atoms with Crippen LogP contribution in [0.25, 0.3) is 0 Å². The molecule has 3 aliphatic rings. The zero-order valence-electron chi connectivity index (χ0n) is 23.4. The number of ketones is 1. The first-order chi connectivity index (χ1) is 17.9. The Kier molecular flexibility index (Phi) is 7.81. The average Bonchev–Trinajstić information content (AvgIpc) is 3.26. The minimum Gasteiger partial charge on any atom is -0.497 e. The first-order valence-corrected chi connectivity index (χ1v) is 13.8. The second kappa shape index (κ2) is 10.5. The predicted molar refractivity (Wildman–Crippen MR) is 144 cm³/mol. The molecule has 3 aliphatic carbocycles. The molecule has 3 saturated carbocycles. The monoisotopic (exact) mass is 525 g/mol. The van der Waals surface area contributed by atoms with Crippen LogP contribution in [0.3, 0.4) is 0 Å². The van der Waals surface area contributed by atoms with Crippen molar-refractivity contribution in [2.75, 3.05) is 7.11 Å². The first kappa shape index (κ1) is 28.3. The summed E-state index contributed by atoms with van der Waals surface area (Å²) >= 11 is 0. The van der Waals surface area contributed by atoms with Gasteiger partial charge in [-0.3, -0.25) is 14.4 Å². The fourth-order valence-electron chi connectivity index (χ4n) is 7.84. The van der Waals surface area contributed by atoms with Crippen LogP contribution < -0.4 is 10.1 Å². The summed E-state index contributed by atoms with van der Waals surface area (Å²) in [7, 11) is 1.59. The van der Waals surface area contributed by atoms with Crippen molar-refractivity contribution < 1.29 is 29.0 Å². The number of nitrogens with one attached hydrogen (secondary N) is 1. The number of hydrogen-bond acceptors (Lipinski definition) is 6. The molecule has 2 unspecified atom stereocenters. The van der Waals surface area contributed by atoms with Crippen molar-refractivity contribution in [3.05, 3.63) is 42.5 Å². The summed E-state index contributed by atoms with van der Waals surface area (Å²) in [6.45, 7) is 12.6. The number of ether oxygens (including phenoxy) is 2. The van der Waals surface area contributed by atoms with Crippen LogP contribution in [0.15, 0.2) is 36.9 Å². The van der Waals surface area contributed by atoms with Crippen molar-refractivity contribution in [1.29, 1.82) is 0 Å². The number of esters is 1. The van der Waals surface area contributed by atoms with Crippen LogP contribution in [-0.2, 0) is 25.7 Å². The molecule has 0 saturated heterocycles. The van der Waals surface area contributed by atoms with E-state index >= 15 is 0 Å². The van der Waals surface area contributed by atoms with E-state index < -0.39 is 41.3 Å². The van der Waals surface area contributed by atoms with E-state index in [0.717, 1.165) is 30.6 Å². The second-order valence-corrected chi connectivity index (χ2v) is 12.4. The average molecular weight is 526 g/mol. The van der Waals surface area contributed by atoms with E-state index in [1.54, 1.807) is 13.2 Å². The molecule has 208 valence electrons. The number of carbonyl (C=O) groups is 3.